The van der Waals surface area contributed by atoms with Crippen molar-refractivity contribution in [3.8, 4) is 0 Å². The second-order valence-corrected chi connectivity index (χ2v) is 4.90. The fraction of sp³-hybridized carbons (Fsp3) is 0.750. The third-order valence-corrected chi connectivity index (χ3v) is 3.31. The van der Waals surface area contributed by atoms with Gasteiger partial charge in [0.25, 0.3) is 0 Å². The maximum atomic E-state index is 11.9. The van der Waals surface area contributed by atoms with Crippen molar-refractivity contribution >= 4 is 17.9 Å². The van der Waals surface area contributed by atoms with Crippen molar-refractivity contribution in [1.29, 1.82) is 0 Å². The number of rotatable bonds is 6. The number of nitrogens with one attached hydrogen (secondary N) is 1. The number of carbonyl (C=O) groups is 3. The number of hydrogen-bond donors (Lipinski definition) is 3. The number of piperidine rings is 1. The molecular formula is C12H21N3O5. The van der Waals surface area contributed by atoms with Crippen LogP contribution >= 0.6 is 0 Å². The maximum Gasteiger partial charge on any atom is 0.326 e. The summed E-state index contributed by atoms with van der Waals surface area (Å²) < 4.78 is 5.07. The normalized spacial score (nSPS) is 17.6. The van der Waals surface area contributed by atoms with Gasteiger partial charge in [0.05, 0.1) is 6.42 Å². The number of amides is 3. The van der Waals surface area contributed by atoms with Gasteiger partial charge in [-0.2, -0.15) is 0 Å². The Labute approximate surface area is 117 Å². The average molecular weight is 287 g/mol. The number of methoxy groups -OCH3 is 1. The van der Waals surface area contributed by atoms with Crippen molar-refractivity contribution in [2.24, 2.45) is 11.7 Å². The first kappa shape index (κ1) is 16.2. The van der Waals surface area contributed by atoms with Crippen LogP contribution in [0.4, 0.5) is 4.79 Å². The smallest absolute Gasteiger partial charge is 0.326 e. The summed E-state index contributed by atoms with van der Waals surface area (Å²) in [7, 11) is 1.64. The summed E-state index contributed by atoms with van der Waals surface area (Å²) in [5.74, 6) is -1.62. The third-order valence-electron chi connectivity index (χ3n) is 3.31. The minimum absolute atomic E-state index is 0.415. The number of nitrogens with two attached hydrogens (primary N) is 1. The number of carboxylic acid groups (broad SMARTS) is 1. The number of hydrogen-bond acceptors (Lipinski definition) is 4. The molecule has 114 valence electrons. The third kappa shape index (κ3) is 5.04. The lowest BCUT2D eigenvalue weighted by Gasteiger charge is -2.32. The number of likely N-dealkylation sites (tertiary alicyclic amines) is 1. The van der Waals surface area contributed by atoms with E-state index in [1.165, 1.54) is 0 Å². The molecule has 1 saturated heterocycles. The second kappa shape index (κ2) is 7.68. The zero-order valence-electron chi connectivity index (χ0n) is 11.5. The van der Waals surface area contributed by atoms with Gasteiger partial charge in [0, 0.05) is 26.8 Å². The quantitative estimate of drug-likeness (QED) is 0.601. The van der Waals surface area contributed by atoms with Gasteiger partial charge < -0.3 is 25.8 Å². The molecule has 0 aromatic heterocycles. The van der Waals surface area contributed by atoms with Crippen LogP contribution in [0.1, 0.15) is 19.3 Å². The van der Waals surface area contributed by atoms with E-state index in [-0.39, 0.29) is 0 Å². The Kier molecular flexibility index (Phi) is 6.23. The summed E-state index contributed by atoms with van der Waals surface area (Å²) >= 11 is 0. The predicted octanol–water partition coefficient (Wildman–Crippen LogP) is -0.617. The number of urea groups is 1. The van der Waals surface area contributed by atoms with Crippen molar-refractivity contribution < 1.29 is 24.2 Å². The van der Waals surface area contributed by atoms with Crippen LogP contribution in [0.3, 0.4) is 0 Å². The van der Waals surface area contributed by atoms with Gasteiger partial charge >= 0.3 is 12.0 Å². The Morgan fingerprint density at radius 2 is 2.00 bits per heavy atom. The average Bonchev–Trinajstić information content (AvgIpc) is 2.38. The molecule has 1 aliphatic heterocycles. The maximum absolute atomic E-state index is 11.9. The highest BCUT2D eigenvalue weighted by Crippen LogP contribution is 2.17. The fourth-order valence-corrected chi connectivity index (χ4v) is 2.18. The molecule has 0 unspecified atom stereocenters. The van der Waals surface area contributed by atoms with Crippen LogP contribution < -0.4 is 11.1 Å². The number of ether oxygens (including phenoxy) is 1. The van der Waals surface area contributed by atoms with Crippen molar-refractivity contribution in [2.45, 2.75) is 25.3 Å². The Morgan fingerprint density at radius 3 is 2.45 bits per heavy atom. The van der Waals surface area contributed by atoms with Gasteiger partial charge in [-0.25, -0.2) is 9.59 Å². The molecule has 8 nitrogen and oxygen atoms in total. The molecule has 1 aliphatic rings. The molecule has 1 fully saturated rings. The molecule has 0 spiro atoms. The molecule has 0 radical (unpaired) electrons. The van der Waals surface area contributed by atoms with Gasteiger partial charge in [-0.15, -0.1) is 0 Å². The van der Waals surface area contributed by atoms with Crippen molar-refractivity contribution in [2.75, 3.05) is 26.8 Å². The van der Waals surface area contributed by atoms with E-state index in [9.17, 15) is 14.4 Å². The summed E-state index contributed by atoms with van der Waals surface area (Å²) in [6.45, 7) is 1.75. The van der Waals surface area contributed by atoms with E-state index in [1.54, 1.807) is 12.0 Å². The molecule has 1 atom stereocenters. The van der Waals surface area contributed by atoms with Crippen LogP contribution in [0.25, 0.3) is 0 Å². The number of nitrogens with zero attached hydrogens (tertiary/aromatic N) is 1. The highest BCUT2D eigenvalue weighted by Gasteiger charge is 2.27. The summed E-state index contributed by atoms with van der Waals surface area (Å²) in [5.41, 5.74) is 4.96. The van der Waals surface area contributed by atoms with Crippen LogP contribution in [-0.4, -0.2) is 60.8 Å². The van der Waals surface area contributed by atoms with Crippen molar-refractivity contribution in [1.82, 2.24) is 10.2 Å². The lowest BCUT2D eigenvalue weighted by atomic mass is 9.98. The zero-order chi connectivity index (χ0) is 15.1. The fourth-order valence-electron chi connectivity index (χ4n) is 2.18. The largest absolute Gasteiger partial charge is 0.480 e. The molecule has 4 N–H and O–H groups in total. The lowest BCUT2D eigenvalue weighted by Crippen LogP contribution is -2.51. The minimum Gasteiger partial charge on any atom is -0.480 e. The first-order valence-corrected chi connectivity index (χ1v) is 6.49. The van der Waals surface area contributed by atoms with Crippen LogP contribution in [0.15, 0.2) is 0 Å². The molecule has 1 heterocycles. The summed E-state index contributed by atoms with van der Waals surface area (Å²) in [5, 5.41) is 11.2. The van der Waals surface area contributed by atoms with Crippen LogP contribution in [-0.2, 0) is 14.3 Å². The number of carbonyl (C=O) groups excluding carboxylic acids is 2. The molecule has 0 aliphatic carbocycles. The topological polar surface area (TPSA) is 122 Å². The zero-order valence-corrected chi connectivity index (χ0v) is 11.5. The van der Waals surface area contributed by atoms with E-state index >= 15 is 0 Å². The first-order valence-electron chi connectivity index (χ1n) is 6.49. The summed E-state index contributed by atoms with van der Waals surface area (Å²) in [6.07, 6.45) is 1.21. The Balaban J connectivity index is 2.45. The van der Waals surface area contributed by atoms with Gasteiger partial charge in [0.2, 0.25) is 5.91 Å². The number of primary amides is 1. The van der Waals surface area contributed by atoms with E-state index < -0.39 is 30.4 Å². The van der Waals surface area contributed by atoms with Gasteiger partial charge in [-0.3, -0.25) is 4.79 Å². The summed E-state index contributed by atoms with van der Waals surface area (Å²) in [4.78, 5) is 35.2. The van der Waals surface area contributed by atoms with Crippen LogP contribution in [0.5, 0.6) is 0 Å². The predicted molar refractivity (Wildman–Crippen MR) is 69.9 cm³/mol. The van der Waals surface area contributed by atoms with Gasteiger partial charge in [0.1, 0.15) is 6.04 Å². The van der Waals surface area contributed by atoms with Crippen molar-refractivity contribution in [3.05, 3.63) is 0 Å². The first-order chi connectivity index (χ1) is 9.43. The lowest BCUT2D eigenvalue weighted by molar-refractivity contribution is -0.141. The van der Waals surface area contributed by atoms with E-state index in [0.717, 1.165) is 12.8 Å². The molecular weight excluding hydrogens is 266 g/mol. The molecule has 0 bridgehead atoms. The van der Waals surface area contributed by atoms with Crippen LogP contribution in [0.2, 0.25) is 0 Å². The Bertz CT molecular complexity index is 366. The summed E-state index contributed by atoms with van der Waals surface area (Å²) in [6, 6.07) is -1.76. The van der Waals surface area contributed by atoms with Crippen molar-refractivity contribution in [3.63, 3.8) is 0 Å². The Hall–Kier alpha value is -1.83. The van der Waals surface area contributed by atoms with Gasteiger partial charge in [0.15, 0.2) is 0 Å². The standard InChI is InChI=1S/C12H21N3O5/c1-20-7-8-2-4-15(5-3-8)12(19)14-9(11(17)18)6-10(13)16/h8-9H,2-7H2,1H3,(H2,13,16)(H,14,19)(H,17,18)/t9-/m1/s1. The number of carboxylic acids is 1. The highest BCUT2D eigenvalue weighted by molar-refractivity contribution is 5.87. The number of aliphatic carboxylic acids is 1. The molecule has 0 aromatic carbocycles. The monoisotopic (exact) mass is 287 g/mol. The SMILES string of the molecule is COCC1CCN(C(=O)N[C@H](CC(N)=O)C(=O)O)CC1. The molecule has 20 heavy (non-hydrogen) atoms. The molecule has 8 heteroatoms. The van der Waals surface area contributed by atoms with E-state index in [1.807, 2.05) is 0 Å². The molecule has 0 aromatic rings. The van der Waals surface area contributed by atoms with Crippen LogP contribution in [0, 0.1) is 5.92 Å². The minimum atomic E-state index is -1.28. The van der Waals surface area contributed by atoms with E-state index in [0.29, 0.717) is 25.6 Å². The molecule has 1 rings (SSSR count). The van der Waals surface area contributed by atoms with E-state index in [4.69, 9.17) is 15.6 Å². The second-order valence-electron chi connectivity index (χ2n) is 4.90. The van der Waals surface area contributed by atoms with Gasteiger partial charge in [-0.05, 0) is 18.8 Å². The molecule has 3 amide bonds. The highest BCUT2D eigenvalue weighted by atomic mass is 16.5. The molecule has 0 saturated carbocycles. The van der Waals surface area contributed by atoms with E-state index in [2.05, 4.69) is 5.32 Å². The van der Waals surface area contributed by atoms with Gasteiger partial charge in [-0.1, -0.05) is 0 Å². The Morgan fingerprint density at radius 1 is 1.40 bits per heavy atom.